The molecular formula is C11H13ClN4O. The highest BCUT2D eigenvalue weighted by atomic mass is 35.5. The molecule has 0 radical (unpaired) electrons. The summed E-state index contributed by atoms with van der Waals surface area (Å²) in [5, 5.41) is 3.70. The van der Waals surface area contributed by atoms with Gasteiger partial charge in [0.2, 0.25) is 0 Å². The standard InChI is InChI=1S/C11H13ClN4O/c12-9-6-14-7-2-1-3-8(10(7)16-9)15-11-13-4-5-17-11/h6,8H,1-5H2,(H,13,15). The van der Waals surface area contributed by atoms with Gasteiger partial charge < -0.3 is 10.1 Å². The third-order valence-corrected chi connectivity index (χ3v) is 3.15. The van der Waals surface area contributed by atoms with Gasteiger partial charge in [-0.2, -0.15) is 0 Å². The van der Waals surface area contributed by atoms with Crippen LogP contribution >= 0.6 is 11.6 Å². The van der Waals surface area contributed by atoms with Crippen LogP contribution < -0.4 is 5.32 Å². The Morgan fingerprint density at radius 1 is 1.47 bits per heavy atom. The summed E-state index contributed by atoms with van der Waals surface area (Å²) in [6.45, 7) is 1.38. The molecule has 0 saturated carbocycles. The van der Waals surface area contributed by atoms with E-state index in [1.807, 2.05) is 0 Å². The molecule has 1 aliphatic carbocycles. The van der Waals surface area contributed by atoms with Gasteiger partial charge in [-0.15, -0.1) is 0 Å². The van der Waals surface area contributed by atoms with E-state index in [-0.39, 0.29) is 6.04 Å². The number of aliphatic imine (C=N–C) groups is 1. The summed E-state index contributed by atoms with van der Waals surface area (Å²) in [5.41, 5.74) is 1.96. The second-order valence-corrected chi connectivity index (χ2v) is 4.54. The predicted octanol–water partition coefficient (Wildman–Crippen LogP) is 1.48. The molecule has 17 heavy (non-hydrogen) atoms. The van der Waals surface area contributed by atoms with Crippen LogP contribution in [0.2, 0.25) is 5.15 Å². The first-order valence-electron chi connectivity index (χ1n) is 5.78. The van der Waals surface area contributed by atoms with Gasteiger partial charge in [0, 0.05) is 0 Å². The number of hydrogen-bond donors (Lipinski definition) is 1. The number of nitrogens with zero attached hydrogens (tertiary/aromatic N) is 3. The normalized spacial score (nSPS) is 22.6. The number of rotatable bonds is 1. The highest BCUT2D eigenvalue weighted by Gasteiger charge is 2.25. The van der Waals surface area contributed by atoms with Crippen LogP contribution in [0.15, 0.2) is 11.2 Å². The van der Waals surface area contributed by atoms with Gasteiger partial charge in [-0.3, -0.25) is 4.98 Å². The average Bonchev–Trinajstić information content (AvgIpc) is 2.83. The lowest BCUT2D eigenvalue weighted by Gasteiger charge is -2.24. The minimum atomic E-state index is 0.113. The lowest BCUT2D eigenvalue weighted by Crippen LogP contribution is -2.32. The first-order valence-corrected chi connectivity index (χ1v) is 6.16. The lowest BCUT2D eigenvalue weighted by atomic mass is 9.95. The number of fused-ring (bicyclic) bond motifs is 1. The van der Waals surface area contributed by atoms with E-state index < -0.39 is 0 Å². The minimum Gasteiger partial charge on any atom is -0.463 e. The molecule has 0 saturated heterocycles. The Hall–Kier alpha value is -1.36. The summed E-state index contributed by atoms with van der Waals surface area (Å²) in [5.74, 6) is 0. The monoisotopic (exact) mass is 252 g/mol. The Morgan fingerprint density at radius 3 is 3.24 bits per heavy atom. The average molecular weight is 253 g/mol. The van der Waals surface area contributed by atoms with E-state index in [0.717, 1.165) is 37.2 Å². The van der Waals surface area contributed by atoms with Crippen LogP contribution in [0.1, 0.15) is 30.3 Å². The number of ether oxygens (including phenoxy) is 1. The van der Waals surface area contributed by atoms with Crippen molar-refractivity contribution < 1.29 is 4.74 Å². The van der Waals surface area contributed by atoms with Crippen LogP contribution in [0.3, 0.4) is 0 Å². The largest absolute Gasteiger partial charge is 0.463 e. The van der Waals surface area contributed by atoms with E-state index in [1.165, 1.54) is 0 Å². The maximum Gasteiger partial charge on any atom is 0.285 e. The Labute approximate surface area is 104 Å². The van der Waals surface area contributed by atoms with Crippen molar-refractivity contribution >= 4 is 17.6 Å². The number of halogens is 1. The van der Waals surface area contributed by atoms with E-state index in [2.05, 4.69) is 20.3 Å². The molecular weight excluding hydrogens is 240 g/mol. The Morgan fingerprint density at radius 2 is 2.41 bits per heavy atom. The maximum atomic E-state index is 5.90. The van der Waals surface area contributed by atoms with E-state index in [0.29, 0.717) is 17.8 Å². The van der Waals surface area contributed by atoms with E-state index in [4.69, 9.17) is 16.3 Å². The molecule has 0 fully saturated rings. The third-order valence-electron chi connectivity index (χ3n) is 2.97. The predicted molar refractivity (Wildman–Crippen MR) is 64.1 cm³/mol. The zero-order chi connectivity index (χ0) is 11.7. The van der Waals surface area contributed by atoms with Gasteiger partial charge in [-0.25, -0.2) is 9.98 Å². The highest BCUT2D eigenvalue weighted by molar-refractivity contribution is 6.29. The van der Waals surface area contributed by atoms with Gasteiger partial charge >= 0.3 is 0 Å². The number of nitrogens with one attached hydrogen (secondary N) is 1. The van der Waals surface area contributed by atoms with Crippen molar-refractivity contribution in [2.24, 2.45) is 4.99 Å². The van der Waals surface area contributed by atoms with Crippen molar-refractivity contribution in [2.45, 2.75) is 25.3 Å². The molecule has 1 aromatic rings. The second-order valence-electron chi connectivity index (χ2n) is 4.15. The first kappa shape index (κ1) is 10.8. The van der Waals surface area contributed by atoms with Crippen LogP contribution in [0.4, 0.5) is 0 Å². The zero-order valence-corrected chi connectivity index (χ0v) is 10.1. The Bertz CT molecular complexity index is 463. The Kier molecular flexibility index (Phi) is 2.84. The maximum absolute atomic E-state index is 5.90. The van der Waals surface area contributed by atoms with Gasteiger partial charge in [0.25, 0.3) is 6.02 Å². The molecule has 1 atom stereocenters. The molecule has 1 unspecified atom stereocenters. The molecule has 0 spiro atoms. The van der Waals surface area contributed by atoms with Crippen molar-refractivity contribution in [3.05, 3.63) is 22.7 Å². The zero-order valence-electron chi connectivity index (χ0n) is 9.32. The van der Waals surface area contributed by atoms with Crippen molar-refractivity contribution in [3.63, 3.8) is 0 Å². The fraction of sp³-hybridized carbons (Fsp3) is 0.545. The van der Waals surface area contributed by atoms with Gasteiger partial charge in [0.15, 0.2) is 0 Å². The summed E-state index contributed by atoms with van der Waals surface area (Å²) < 4.78 is 5.36. The molecule has 0 bridgehead atoms. The molecule has 0 aromatic carbocycles. The molecule has 6 heteroatoms. The quantitative estimate of drug-likeness (QED) is 0.823. The molecule has 5 nitrogen and oxygen atoms in total. The summed E-state index contributed by atoms with van der Waals surface area (Å²) in [4.78, 5) is 12.9. The number of aromatic nitrogens is 2. The lowest BCUT2D eigenvalue weighted by molar-refractivity contribution is 0.320. The topological polar surface area (TPSA) is 59.4 Å². The van der Waals surface area contributed by atoms with Crippen LogP contribution in [0.5, 0.6) is 0 Å². The molecule has 0 amide bonds. The molecule has 1 N–H and O–H groups in total. The van der Waals surface area contributed by atoms with E-state index in [9.17, 15) is 0 Å². The van der Waals surface area contributed by atoms with Crippen molar-refractivity contribution in [1.82, 2.24) is 15.3 Å². The molecule has 2 aliphatic rings. The minimum absolute atomic E-state index is 0.113. The van der Waals surface area contributed by atoms with E-state index >= 15 is 0 Å². The molecule has 2 heterocycles. The van der Waals surface area contributed by atoms with Gasteiger partial charge in [-0.05, 0) is 19.3 Å². The number of aryl methyl sites for hydroxylation is 1. The van der Waals surface area contributed by atoms with E-state index in [1.54, 1.807) is 6.20 Å². The van der Waals surface area contributed by atoms with Gasteiger partial charge in [0.05, 0.1) is 30.2 Å². The van der Waals surface area contributed by atoms with Gasteiger partial charge in [0.1, 0.15) is 11.8 Å². The smallest absolute Gasteiger partial charge is 0.285 e. The molecule has 1 aliphatic heterocycles. The fourth-order valence-corrected chi connectivity index (χ4v) is 2.34. The van der Waals surface area contributed by atoms with Crippen molar-refractivity contribution in [1.29, 1.82) is 0 Å². The number of amidine groups is 1. The summed E-state index contributed by atoms with van der Waals surface area (Å²) in [7, 11) is 0. The highest BCUT2D eigenvalue weighted by Crippen LogP contribution is 2.27. The summed E-state index contributed by atoms with van der Waals surface area (Å²) in [6.07, 6.45) is 4.66. The Balaban J connectivity index is 1.85. The third kappa shape index (κ3) is 2.20. The fourth-order valence-electron chi connectivity index (χ4n) is 2.20. The second kappa shape index (κ2) is 4.49. The van der Waals surface area contributed by atoms with Crippen LogP contribution in [0, 0.1) is 0 Å². The number of hydrogen-bond acceptors (Lipinski definition) is 5. The van der Waals surface area contributed by atoms with Crippen molar-refractivity contribution in [3.8, 4) is 0 Å². The van der Waals surface area contributed by atoms with Crippen molar-refractivity contribution in [2.75, 3.05) is 13.2 Å². The van der Waals surface area contributed by atoms with Crippen LogP contribution in [0.25, 0.3) is 0 Å². The van der Waals surface area contributed by atoms with Crippen LogP contribution in [-0.2, 0) is 11.2 Å². The molecule has 1 aromatic heterocycles. The molecule has 3 rings (SSSR count). The van der Waals surface area contributed by atoms with Crippen LogP contribution in [-0.4, -0.2) is 29.1 Å². The summed E-state index contributed by atoms with van der Waals surface area (Å²) in [6, 6.07) is 0.728. The SMILES string of the molecule is Clc1cnc2c(n1)C(NC1=NCCO1)CCC2. The summed E-state index contributed by atoms with van der Waals surface area (Å²) >= 11 is 5.90. The van der Waals surface area contributed by atoms with Gasteiger partial charge in [-0.1, -0.05) is 11.6 Å². The first-order chi connectivity index (χ1) is 8.33. The molecule has 90 valence electrons.